The highest BCUT2D eigenvalue weighted by Gasteiger charge is 2.48. The number of rotatable bonds is 6. The Morgan fingerprint density at radius 1 is 1.12 bits per heavy atom. The Bertz CT molecular complexity index is 1020. The van der Waals surface area contributed by atoms with Crippen molar-refractivity contribution in [1.29, 1.82) is 5.26 Å². The van der Waals surface area contributed by atoms with Gasteiger partial charge in [0.15, 0.2) is 0 Å². The van der Waals surface area contributed by atoms with E-state index in [1.54, 1.807) is 6.08 Å². The average molecular weight is 442 g/mol. The zero-order valence-electron chi connectivity index (χ0n) is 19.6. The molecular formula is C29H35N3O. The number of pyridine rings is 1. The molecule has 0 amide bonds. The molecule has 172 valence electrons. The lowest BCUT2D eigenvalue weighted by Crippen LogP contribution is -2.46. The first-order valence-electron chi connectivity index (χ1n) is 12.7. The maximum absolute atomic E-state index is 9.15. The van der Waals surface area contributed by atoms with Gasteiger partial charge in [0.2, 0.25) is 0 Å². The summed E-state index contributed by atoms with van der Waals surface area (Å²) in [5.74, 6) is 0. The maximum Gasteiger partial charge on any atom is 0.0915 e. The van der Waals surface area contributed by atoms with E-state index in [-0.39, 0.29) is 11.0 Å². The smallest absolute Gasteiger partial charge is 0.0915 e. The summed E-state index contributed by atoms with van der Waals surface area (Å²) >= 11 is 0. The fourth-order valence-electron chi connectivity index (χ4n) is 6.62. The van der Waals surface area contributed by atoms with Gasteiger partial charge in [0, 0.05) is 36.0 Å². The summed E-state index contributed by atoms with van der Waals surface area (Å²) in [6.07, 6.45) is 15.1. The van der Waals surface area contributed by atoms with Crippen LogP contribution >= 0.6 is 0 Å². The van der Waals surface area contributed by atoms with E-state index in [1.165, 1.54) is 48.1 Å². The number of ether oxygens (including phenoxy) is 1. The van der Waals surface area contributed by atoms with Gasteiger partial charge in [-0.15, -0.1) is 0 Å². The Morgan fingerprint density at radius 2 is 1.97 bits per heavy atom. The van der Waals surface area contributed by atoms with Crippen molar-refractivity contribution in [3.63, 3.8) is 0 Å². The van der Waals surface area contributed by atoms with Gasteiger partial charge in [0.25, 0.3) is 0 Å². The van der Waals surface area contributed by atoms with Crippen LogP contribution in [0.4, 0.5) is 0 Å². The lowest BCUT2D eigenvalue weighted by Gasteiger charge is -2.46. The van der Waals surface area contributed by atoms with Crippen molar-refractivity contribution in [2.24, 2.45) is 0 Å². The van der Waals surface area contributed by atoms with E-state index in [9.17, 15) is 0 Å². The Labute approximate surface area is 198 Å². The minimum Gasteiger partial charge on any atom is -0.375 e. The molecule has 0 bridgehead atoms. The van der Waals surface area contributed by atoms with Crippen LogP contribution in [0.1, 0.15) is 87.1 Å². The number of hydrogen-bond acceptors (Lipinski definition) is 4. The third-order valence-corrected chi connectivity index (χ3v) is 8.22. The Balaban J connectivity index is 1.27. The van der Waals surface area contributed by atoms with Crippen LogP contribution in [0.15, 0.2) is 54.7 Å². The van der Waals surface area contributed by atoms with E-state index >= 15 is 0 Å². The first kappa shape index (κ1) is 22.3. The van der Waals surface area contributed by atoms with Crippen LogP contribution in [0.2, 0.25) is 0 Å². The lowest BCUT2D eigenvalue weighted by molar-refractivity contribution is -0.104. The molecule has 4 nitrogen and oxygen atoms in total. The Morgan fingerprint density at radius 3 is 2.79 bits per heavy atom. The van der Waals surface area contributed by atoms with E-state index in [1.807, 2.05) is 12.3 Å². The first-order valence-corrected chi connectivity index (χ1v) is 12.7. The summed E-state index contributed by atoms with van der Waals surface area (Å²) in [4.78, 5) is 4.84. The molecule has 2 aromatic rings. The Hall–Kier alpha value is -2.48. The molecule has 33 heavy (non-hydrogen) atoms. The summed E-state index contributed by atoms with van der Waals surface area (Å²) in [5.41, 5.74) is 5.20. The van der Waals surface area contributed by atoms with Crippen LogP contribution in [0.25, 0.3) is 5.57 Å². The molecular weight excluding hydrogens is 406 g/mol. The predicted octanol–water partition coefficient (Wildman–Crippen LogP) is 6.25. The monoisotopic (exact) mass is 441 g/mol. The van der Waals surface area contributed by atoms with Gasteiger partial charge in [-0.25, -0.2) is 0 Å². The van der Waals surface area contributed by atoms with Crippen molar-refractivity contribution in [2.75, 3.05) is 13.2 Å². The number of allylic oxidation sites excluding steroid dienone is 2. The summed E-state index contributed by atoms with van der Waals surface area (Å²) < 4.78 is 6.40. The molecule has 1 spiro atoms. The van der Waals surface area contributed by atoms with Gasteiger partial charge in [0.05, 0.1) is 11.7 Å². The summed E-state index contributed by atoms with van der Waals surface area (Å²) in [6.45, 7) is 1.85. The average Bonchev–Trinajstić information content (AvgIpc) is 3.30. The van der Waals surface area contributed by atoms with E-state index in [0.29, 0.717) is 6.04 Å². The molecule has 2 fully saturated rings. The molecule has 1 aliphatic heterocycles. The predicted molar refractivity (Wildman–Crippen MR) is 132 cm³/mol. The van der Waals surface area contributed by atoms with Gasteiger partial charge in [-0.3, -0.25) is 4.98 Å². The van der Waals surface area contributed by atoms with Gasteiger partial charge in [-0.2, -0.15) is 5.26 Å². The summed E-state index contributed by atoms with van der Waals surface area (Å²) in [6, 6.07) is 17.6. The number of aromatic nitrogens is 1. The second-order valence-corrected chi connectivity index (χ2v) is 10.2. The van der Waals surface area contributed by atoms with Gasteiger partial charge < -0.3 is 10.1 Å². The molecule has 1 aromatic heterocycles. The number of nitriles is 1. The van der Waals surface area contributed by atoms with Crippen LogP contribution in [-0.2, 0) is 10.2 Å². The molecule has 1 saturated heterocycles. The van der Waals surface area contributed by atoms with Gasteiger partial charge >= 0.3 is 0 Å². The topological polar surface area (TPSA) is 57.9 Å². The van der Waals surface area contributed by atoms with Gasteiger partial charge in [0.1, 0.15) is 0 Å². The zero-order chi connectivity index (χ0) is 22.6. The van der Waals surface area contributed by atoms with E-state index in [2.05, 4.69) is 47.8 Å². The quantitative estimate of drug-likeness (QED) is 0.425. The second-order valence-electron chi connectivity index (χ2n) is 10.2. The molecule has 2 aliphatic carbocycles. The van der Waals surface area contributed by atoms with Crippen LogP contribution in [0, 0.1) is 11.3 Å². The minimum absolute atomic E-state index is 0.0784. The third kappa shape index (κ3) is 4.63. The number of hydrogen-bond donors (Lipinski definition) is 1. The van der Waals surface area contributed by atoms with Crippen molar-refractivity contribution in [3.05, 3.63) is 71.6 Å². The highest BCUT2D eigenvalue weighted by Crippen LogP contribution is 2.50. The van der Waals surface area contributed by atoms with Crippen molar-refractivity contribution in [3.8, 4) is 6.07 Å². The van der Waals surface area contributed by atoms with Crippen molar-refractivity contribution in [1.82, 2.24) is 10.3 Å². The molecule has 3 aliphatic rings. The molecule has 1 N–H and O–H groups in total. The SMILES string of the molecule is N#C/C=C1\CCC(NCCC[C@@]2(c3ccccn3)CCOC3(CCCC3)C2)c2ccccc21. The highest BCUT2D eigenvalue weighted by molar-refractivity contribution is 5.72. The fourth-order valence-corrected chi connectivity index (χ4v) is 6.62. The zero-order valence-corrected chi connectivity index (χ0v) is 19.6. The number of fused-ring (bicyclic) bond motifs is 1. The fraction of sp³-hybridized carbons (Fsp3) is 0.517. The minimum atomic E-state index is 0.0784. The normalized spacial score (nSPS) is 27.4. The molecule has 5 rings (SSSR count). The van der Waals surface area contributed by atoms with Crippen LogP contribution in [-0.4, -0.2) is 23.7 Å². The van der Waals surface area contributed by atoms with Crippen molar-refractivity contribution >= 4 is 5.57 Å². The van der Waals surface area contributed by atoms with E-state index < -0.39 is 0 Å². The van der Waals surface area contributed by atoms with Crippen molar-refractivity contribution in [2.45, 2.75) is 81.3 Å². The molecule has 1 saturated carbocycles. The Kier molecular flexibility index (Phi) is 6.62. The highest BCUT2D eigenvalue weighted by atomic mass is 16.5. The molecule has 0 radical (unpaired) electrons. The summed E-state index contributed by atoms with van der Waals surface area (Å²) in [5, 5.41) is 13.0. The van der Waals surface area contributed by atoms with Crippen LogP contribution in [0.3, 0.4) is 0 Å². The number of benzene rings is 1. The molecule has 1 unspecified atom stereocenters. The van der Waals surface area contributed by atoms with Gasteiger partial charge in [-0.1, -0.05) is 43.2 Å². The maximum atomic E-state index is 9.15. The third-order valence-electron chi connectivity index (χ3n) is 8.22. The van der Waals surface area contributed by atoms with Crippen LogP contribution in [0.5, 0.6) is 0 Å². The molecule has 4 heteroatoms. The van der Waals surface area contributed by atoms with E-state index in [0.717, 1.165) is 51.7 Å². The van der Waals surface area contributed by atoms with E-state index in [4.69, 9.17) is 15.0 Å². The standard InChI is InChI=1S/C29H35N3O/c30-18-13-23-11-12-26(25-9-2-1-8-24(23)25)31-20-7-14-28(27-10-3-6-19-32-27)17-21-33-29(22-28)15-4-5-16-29/h1-3,6,8-10,13,19,26,31H,4-5,7,11-12,14-17,20-22H2/b23-13+/t26?,28-/m1/s1. The molecule has 2 heterocycles. The lowest BCUT2D eigenvalue weighted by atomic mass is 9.67. The second kappa shape index (κ2) is 9.79. The largest absolute Gasteiger partial charge is 0.375 e. The molecule has 1 aromatic carbocycles. The molecule has 2 atom stereocenters. The summed E-state index contributed by atoms with van der Waals surface area (Å²) in [7, 11) is 0. The van der Waals surface area contributed by atoms with Gasteiger partial charge in [-0.05, 0) is 86.7 Å². The number of nitrogens with zero attached hydrogens (tertiary/aromatic N) is 2. The van der Waals surface area contributed by atoms with Crippen molar-refractivity contribution < 1.29 is 4.74 Å². The van der Waals surface area contributed by atoms with Crippen LogP contribution < -0.4 is 5.32 Å². The number of nitrogens with one attached hydrogen (secondary N) is 1. The first-order chi connectivity index (χ1) is 16.2.